The fourth-order valence-electron chi connectivity index (χ4n) is 2.22. The highest BCUT2D eigenvalue weighted by atomic mass is 19.2. The van der Waals surface area contributed by atoms with Crippen LogP contribution in [0.1, 0.15) is 36.3 Å². The van der Waals surface area contributed by atoms with E-state index in [0.29, 0.717) is 24.0 Å². The van der Waals surface area contributed by atoms with Crippen molar-refractivity contribution in [2.45, 2.75) is 38.2 Å². The lowest BCUT2D eigenvalue weighted by atomic mass is 9.95. The number of hydrogen-bond acceptors (Lipinski definition) is 1. The van der Waals surface area contributed by atoms with Crippen molar-refractivity contribution in [3.63, 3.8) is 0 Å². The molecule has 0 saturated heterocycles. The minimum atomic E-state index is -0.756. The van der Waals surface area contributed by atoms with Gasteiger partial charge in [-0.15, -0.1) is 0 Å². The fraction of sp³-hybridized carbons (Fsp3) is 0.500. The number of halogens is 2. The first-order chi connectivity index (χ1) is 7.09. The third-order valence-corrected chi connectivity index (χ3v) is 3.15. The highest BCUT2D eigenvalue weighted by Gasteiger charge is 2.27. The van der Waals surface area contributed by atoms with Crippen LogP contribution in [-0.2, 0) is 0 Å². The minimum absolute atomic E-state index is 0.0323. The van der Waals surface area contributed by atoms with Crippen molar-refractivity contribution in [3.05, 3.63) is 34.9 Å². The Morgan fingerprint density at radius 1 is 1.20 bits per heavy atom. The van der Waals surface area contributed by atoms with Crippen LogP contribution >= 0.6 is 0 Å². The molecule has 3 heteroatoms. The van der Waals surface area contributed by atoms with Crippen LogP contribution in [0.15, 0.2) is 12.1 Å². The van der Waals surface area contributed by atoms with E-state index in [1.54, 1.807) is 19.1 Å². The van der Waals surface area contributed by atoms with Gasteiger partial charge in [0.2, 0.25) is 0 Å². The second-order valence-electron chi connectivity index (χ2n) is 4.26. The van der Waals surface area contributed by atoms with E-state index in [0.717, 1.165) is 6.42 Å². The molecule has 1 aromatic rings. The third kappa shape index (κ3) is 1.88. The van der Waals surface area contributed by atoms with Crippen LogP contribution in [0.5, 0.6) is 0 Å². The summed E-state index contributed by atoms with van der Waals surface area (Å²) in [6.45, 7) is 1.55. The van der Waals surface area contributed by atoms with Crippen molar-refractivity contribution in [1.29, 1.82) is 0 Å². The lowest BCUT2D eigenvalue weighted by Gasteiger charge is -2.12. The highest BCUT2D eigenvalue weighted by molar-refractivity contribution is 5.28. The van der Waals surface area contributed by atoms with Crippen LogP contribution in [0.3, 0.4) is 0 Å². The first kappa shape index (κ1) is 10.6. The zero-order chi connectivity index (χ0) is 11.0. The van der Waals surface area contributed by atoms with Crippen molar-refractivity contribution in [2.75, 3.05) is 0 Å². The van der Waals surface area contributed by atoms with Crippen molar-refractivity contribution >= 4 is 0 Å². The summed E-state index contributed by atoms with van der Waals surface area (Å²) in [5, 5.41) is 9.36. The number of hydrogen-bond donors (Lipinski definition) is 1. The molecule has 2 rings (SSSR count). The van der Waals surface area contributed by atoms with Gasteiger partial charge in [-0.2, -0.15) is 0 Å². The number of benzene rings is 1. The van der Waals surface area contributed by atoms with Gasteiger partial charge in [0, 0.05) is 0 Å². The van der Waals surface area contributed by atoms with Gasteiger partial charge in [0.25, 0.3) is 0 Å². The molecule has 1 fully saturated rings. The van der Waals surface area contributed by atoms with E-state index in [4.69, 9.17) is 0 Å². The molecule has 1 saturated carbocycles. The summed E-state index contributed by atoms with van der Waals surface area (Å²) in [4.78, 5) is 0. The van der Waals surface area contributed by atoms with Gasteiger partial charge in [-0.05, 0) is 43.2 Å². The van der Waals surface area contributed by atoms with E-state index in [1.165, 1.54) is 0 Å². The summed E-state index contributed by atoms with van der Waals surface area (Å²) >= 11 is 0. The average molecular weight is 212 g/mol. The molecule has 0 heterocycles. The van der Waals surface area contributed by atoms with E-state index >= 15 is 0 Å². The predicted octanol–water partition coefficient (Wildman–Crippen LogP) is 2.90. The number of rotatable bonds is 1. The van der Waals surface area contributed by atoms with E-state index in [2.05, 4.69) is 0 Å². The molecule has 0 bridgehead atoms. The van der Waals surface area contributed by atoms with E-state index in [1.807, 2.05) is 0 Å². The lowest BCUT2D eigenvalue weighted by Crippen LogP contribution is -2.03. The maximum Gasteiger partial charge on any atom is 0.162 e. The molecule has 2 atom stereocenters. The lowest BCUT2D eigenvalue weighted by molar-refractivity contribution is 0.181. The first-order valence-corrected chi connectivity index (χ1v) is 5.22. The Morgan fingerprint density at radius 2 is 1.93 bits per heavy atom. The Kier molecular flexibility index (Phi) is 2.74. The Hall–Kier alpha value is -0.960. The monoisotopic (exact) mass is 212 g/mol. The SMILES string of the molecule is Cc1ccc(C2CCC(O)C2)c(F)c1F. The van der Waals surface area contributed by atoms with Crippen LogP contribution in [0.2, 0.25) is 0 Å². The van der Waals surface area contributed by atoms with E-state index < -0.39 is 11.6 Å². The van der Waals surface area contributed by atoms with Gasteiger partial charge in [-0.25, -0.2) is 8.78 Å². The molecule has 0 spiro atoms. The van der Waals surface area contributed by atoms with Crippen molar-refractivity contribution < 1.29 is 13.9 Å². The highest BCUT2D eigenvalue weighted by Crippen LogP contribution is 2.36. The summed E-state index contributed by atoms with van der Waals surface area (Å²) in [6, 6.07) is 3.23. The maximum absolute atomic E-state index is 13.6. The molecule has 82 valence electrons. The van der Waals surface area contributed by atoms with Crippen LogP contribution in [0.4, 0.5) is 8.78 Å². The summed E-state index contributed by atoms with van der Waals surface area (Å²) in [6.07, 6.45) is 1.60. The summed E-state index contributed by atoms with van der Waals surface area (Å²) in [5.74, 6) is -1.53. The molecule has 0 aromatic heterocycles. The molecule has 15 heavy (non-hydrogen) atoms. The molecular formula is C12H14F2O. The smallest absolute Gasteiger partial charge is 0.162 e. The molecule has 1 N–H and O–H groups in total. The minimum Gasteiger partial charge on any atom is -0.393 e. The largest absolute Gasteiger partial charge is 0.393 e. The first-order valence-electron chi connectivity index (χ1n) is 5.22. The molecule has 1 aliphatic carbocycles. The van der Waals surface area contributed by atoms with Crippen molar-refractivity contribution in [3.8, 4) is 0 Å². The van der Waals surface area contributed by atoms with Gasteiger partial charge in [-0.3, -0.25) is 0 Å². The van der Waals surface area contributed by atoms with Gasteiger partial charge in [0.15, 0.2) is 11.6 Å². The summed E-state index contributed by atoms with van der Waals surface area (Å²) in [5.41, 5.74) is 0.740. The van der Waals surface area contributed by atoms with Crippen molar-refractivity contribution in [1.82, 2.24) is 0 Å². The third-order valence-electron chi connectivity index (χ3n) is 3.15. The molecule has 2 unspecified atom stereocenters. The Bertz CT molecular complexity index is 376. The van der Waals surface area contributed by atoms with Crippen LogP contribution in [0, 0.1) is 18.6 Å². The Labute approximate surface area is 87.7 Å². The number of aryl methyl sites for hydroxylation is 1. The van der Waals surface area contributed by atoms with Gasteiger partial charge >= 0.3 is 0 Å². The van der Waals surface area contributed by atoms with Crippen LogP contribution in [-0.4, -0.2) is 11.2 Å². The predicted molar refractivity (Wildman–Crippen MR) is 53.7 cm³/mol. The fourth-order valence-corrected chi connectivity index (χ4v) is 2.22. The zero-order valence-electron chi connectivity index (χ0n) is 8.63. The van der Waals surface area contributed by atoms with E-state index in [9.17, 15) is 13.9 Å². The molecule has 0 radical (unpaired) electrons. The molecule has 0 aliphatic heterocycles. The molecular weight excluding hydrogens is 198 g/mol. The second kappa shape index (κ2) is 3.89. The summed E-state index contributed by atoms with van der Waals surface area (Å²) < 4.78 is 26.9. The second-order valence-corrected chi connectivity index (χ2v) is 4.26. The van der Waals surface area contributed by atoms with Crippen molar-refractivity contribution in [2.24, 2.45) is 0 Å². The topological polar surface area (TPSA) is 20.2 Å². The molecule has 1 aliphatic rings. The molecule has 0 amide bonds. The zero-order valence-corrected chi connectivity index (χ0v) is 8.63. The Balaban J connectivity index is 2.33. The Morgan fingerprint density at radius 3 is 2.53 bits per heavy atom. The number of aliphatic hydroxyl groups excluding tert-OH is 1. The van der Waals surface area contributed by atoms with Crippen LogP contribution < -0.4 is 0 Å². The standard InChI is InChI=1S/C12H14F2O/c1-7-2-5-10(12(14)11(7)13)8-3-4-9(15)6-8/h2,5,8-9,15H,3-4,6H2,1H3. The van der Waals surface area contributed by atoms with E-state index in [-0.39, 0.29) is 12.0 Å². The van der Waals surface area contributed by atoms with Gasteiger partial charge < -0.3 is 5.11 Å². The van der Waals surface area contributed by atoms with Crippen LogP contribution in [0.25, 0.3) is 0 Å². The molecule has 1 nitrogen and oxygen atoms in total. The van der Waals surface area contributed by atoms with Gasteiger partial charge in [0.1, 0.15) is 0 Å². The maximum atomic E-state index is 13.6. The van der Waals surface area contributed by atoms with Gasteiger partial charge in [0.05, 0.1) is 6.10 Å². The average Bonchev–Trinajstić information content (AvgIpc) is 2.61. The normalized spacial score (nSPS) is 25.9. The molecule has 1 aromatic carbocycles. The number of aliphatic hydroxyl groups is 1. The van der Waals surface area contributed by atoms with Gasteiger partial charge in [-0.1, -0.05) is 12.1 Å². The summed E-state index contributed by atoms with van der Waals surface area (Å²) in [7, 11) is 0. The quantitative estimate of drug-likeness (QED) is 0.758.